The lowest BCUT2D eigenvalue weighted by Gasteiger charge is -2.38. The molecule has 0 aromatic rings. The van der Waals surface area contributed by atoms with Gasteiger partial charge in [-0.25, -0.2) is 8.78 Å². The number of halogens is 2. The minimum atomic E-state index is -2.43. The molecule has 2 atom stereocenters. The monoisotopic (exact) mass is 261 g/mol. The molecule has 0 heterocycles. The highest BCUT2D eigenvalue weighted by molar-refractivity contribution is 4.89. The zero-order valence-electron chi connectivity index (χ0n) is 12.1. The molecule has 0 aromatic carbocycles. The Kier molecular flexibility index (Phi) is 6.54. The maximum absolute atomic E-state index is 13.6. The van der Waals surface area contributed by atoms with Crippen molar-refractivity contribution < 1.29 is 8.78 Å². The third-order valence-corrected chi connectivity index (χ3v) is 4.37. The van der Waals surface area contributed by atoms with Gasteiger partial charge >= 0.3 is 0 Å². The molecule has 2 unspecified atom stereocenters. The molecule has 1 N–H and O–H groups in total. The average molecular weight is 261 g/mol. The lowest BCUT2D eigenvalue weighted by atomic mass is 9.75. The van der Waals surface area contributed by atoms with Crippen LogP contribution in [-0.4, -0.2) is 18.5 Å². The molecule has 3 heteroatoms. The standard InChI is InChI=1S/C15H29F2N/c1-4-10-18-14(12(5-2)6-3)13-8-7-9-15(16,17)11-13/h12-14,18H,4-11H2,1-3H3. The van der Waals surface area contributed by atoms with Crippen molar-refractivity contribution >= 4 is 0 Å². The zero-order valence-corrected chi connectivity index (χ0v) is 12.1. The highest BCUT2D eigenvalue weighted by atomic mass is 19.3. The fourth-order valence-electron chi connectivity index (χ4n) is 3.34. The van der Waals surface area contributed by atoms with Gasteiger partial charge in [-0.2, -0.15) is 0 Å². The number of alkyl halides is 2. The summed E-state index contributed by atoms with van der Waals surface area (Å²) in [6.45, 7) is 7.43. The van der Waals surface area contributed by atoms with Crippen molar-refractivity contribution in [3.8, 4) is 0 Å². The van der Waals surface area contributed by atoms with Crippen LogP contribution >= 0.6 is 0 Å². The Morgan fingerprint density at radius 2 is 1.89 bits per heavy atom. The topological polar surface area (TPSA) is 12.0 Å². The Bertz CT molecular complexity index is 227. The molecule has 0 radical (unpaired) electrons. The minimum absolute atomic E-state index is 0.0882. The maximum Gasteiger partial charge on any atom is 0.248 e. The maximum atomic E-state index is 13.6. The van der Waals surface area contributed by atoms with Crippen molar-refractivity contribution in [1.82, 2.24) is 5.32 Å². The highest BCUT2D eigenvalue weighted by Gasteiger charge is 2.40. The van der Waals surface area contributed by atoms with Gasteiger partial charge in [0.25, 0.3) is 0 Å². The second kappa shape index (κ2) is 7.42. The molecule has 0 amide bonds. The minimum Gasteiger partial charge on any atom is -0.313 e. The number of hydrogen-bond donors (Lipinski definition) is 1. The van der Waals surface area contributed by atoms with E-state index in [1.54, 1.807) is 0 Å². The Morgan fingerprint density at radius 1 is 1.22 bits per heavy atom. The summed E-state index contributed by atoms with van der Waals surface area (Å²) in [6, 6.07) is 0.283. The molecule has 0 aliphatic heterocycles. The fourth-order valence-corrected chi connectivity index (χ4v) is 3.34. The van der Waals surface area contributed by atoms with Crippen LogP contribution in [0.2, 0.25) is 0 Å². The lowest BCUT2D eigenvalue weighted by molar-refractivity contribution is -0.0618. The molecular weight excluding hydrogens is 232 g/mol. The van der Waals surface area contributed by atoms with Gasteiger partial charge in [-0.15, -0.1) is 0 Å². The molecule has 1 fully saturated rings. The van der Waals surface area contributed by atoms with E-state index in [1.807, 2.05) is 0 Å². The average Bonchev–Trinajstić information content (AvgIpc) is 2.33. The second-order valence-electron chi connectivity index (χ2n) is 5.77. The van der Waals surface area contributed by atoms with Gasteiger partial charge in [0.05, 0.1) is 0 Å². The predicted octanol–water partition coefficient (Wildman–Crippen LogP) is 4.62. The highest BCUT2D eigenvalue weighted by Crippen LogP contribution is 2.40. The van der Waals surface area contributed by atoms with Crippen LogP contribution in [0.4, 0.5) is 8.78 Å². The quantitative estimate of drug-likeness (QED) is 0.705. The normalized spacial score (nSPS) is 25.3. The van der Waals surface area contributed by atoms with E-state index in [4.69, 9.17) is 0 Å². The molecule has 0 spiro atoms. The first-order valence-corrected chi connectivity index (χ1v) is 7.65. The van der Waals surface area contributed by atoms with Crippen LogP contribution < -0.4 is 5.32 Å². The van der Waals surface area contributed by atoms with Gasteiger partial charge in [-0.3, -0.25) is 0 Å². The molecule has 1 aliphatic rings. The van der Waals surface area contributed by atoms with Crippen LogP contribution in [0.3, 0.4) is 0 Å². The molecule has 1 saturated carbocycles. The van der Waals surface area contributed by atoms with E-state index in [2.05, 4.69) is 26.1 Å². The molecule has 0 aromatic heterocycles. The number of rotatable bonds is 7. The number of hydrogen-bond acceptors (Lipinski definition) is 1. The van der Waals surface area contributed by atoms with E-state index in [-0.39, 0.29) is 24.8 Å². The molecule has 0 saturated heterocycles. The van der Waals surface area contributed by atoms with Crippen molar-refractivity contribution in [1.29, 1.82) is 0 Å². The summed E-state index contributed by atoms with van der Waals surface area (Å²) in [4.78, 5) is 0. The van der Waals surface area contributed by atoms with E-state index < -0.39 is 5.92 Å². The van der Waals surface area contributed by atoms with Crippen LogP contribution in [0, 0.1) is 11.8 Å². The van der Waals surface area contributed by atoms with Gasteiger partial charge in [0, 0.05) is 18.9 Å². The van der Waals surface area contributed by atoms with Crippen molar-refractivity contribution in [3.05, 3.63) is 0 Å². The van der Waals surface area contributed by atoms with Crippen molar-refractivity contribution in [2.45, 2.75) is 77.7 Å². The lowest BCUT2D eigenvalue weighted by Crippen LogP contribution is -2.46. The third-order valence-electron chi connectivity index (χ3n) is 4.37. The summed E-state index contributed by atoms with van der Waals surface area (Å²) in [5.74, 6) is -1.73. The van der Waals surface area contributed by atoms with E-state index in [9.17, 15) is 8.78 Å². The van der Waals surface area contributed by atoms with E-state index in [0.29, 0.717) is 12.3 Å². The Hall–Kier alpha value is -0.180. The summed E-state index contributed by atoms with van der Waals surface area (Å²) in [5, 5.41) is 3.55. The van der Waals surface area contributed by atoms with Crippen LogP contribution in [0.25, 0.3) is 0 Å². The molecule has 1 aliphatic carbocycles. The third kappa shape index (κ3) is 4.49. The smallest absolute Gasteiger partial charge is 0.248 e. The van der Waals surface area contributed by atoms with Gasteiger partial charge in [-0.05, 0) is 37.6 Å². The molecule has 18 heavy (non-hydrogen) atoms. The van der Waals surface area contributed by atoms with Crippen LogP contribution in [0.1, 0.15) is 65.7 Å². The summed E-state index contributed by atoms with van der Waals surface area (Å²) < 4.78 is 27.2. The Morgan fingerprint density at radius 3 is 2.39 bits per heavy atom. The predicted molar refractivity (Wildman–Crippen MR) is 73.1 cm³/mol. The largest absolute Gasteiger partial charge is 0.313 e. The Labute approximate surface area is 111 Å². The van der Waals surface area contributed by atoms with Gasteiger partial charge < -0.3 is 5.32 Å². The van der Waals surface area contributed by atoms with Gasteiger partial charge in [0.1, 0.15) is 0 Å². The summed E-state index contributed by atoms with van der Waals surface area (Å²) in [7, 11) is 0. The van der Waals surface area contributed by atoms with E-state index >= 15 is 0 Å². The Balaban J connectivity index is 2.68. The molecule has 1 nitrogen and oxygen atoms in total. The van der Waals surface area contributed by atoms with Crippen LogP contribution in [-0.2, 0) is 0 Å². The fraction of sp³-hybridized carbons (Fsp3) is 1.00. The molecule has 0 bridgehead atoms. The van der Waals surface area contributed by atoms with Crippen molar-refractivity contribution in [2.75, 3.05) is 6.54 Å². The van der Waals surface area contributed by atoms with E-state index in [0.717, 1.165) is 32.2 Å². The first kappa shape index (κ1) is 15.9. The zero-order chi connectivity index (χ0) is 13.6. The van der Waals surface area contributed by atoms with E-state index in [1.165, 1.54) is 0 Å². The van der Waals surface area contributed by atoms with Crippen molar-refractivity contribution in [2.24, 2.45) is 11.8 Å². The van der Waals surface area contributed by atoms with Crippen LogP contribution in [0.15, 0.2) is 0 Å². The first-order valence-electron chi connectivity index (χ1n) is 7.65. The van der Waals surface area contributed by atoms with Crippen molar-refractivity contribution in [3.63, 3.8) is 0 Å². The first-order chi connectivity index (χ1) is 8.54. The number of nitrogens with one attached hydrogen (secondary N) is 1. The molecule has 1 rings (SSSR count). The summed E-state index contributed by atoms with van der Waals surface area (Å²) in [6.07, 6.45) is 5.06. The SMILES string of the molecule is CCCNC(C(CC)CC)C1CCCC(F)(F)C1. The summed E-state index contributed by atoms with van der Waals surface area (Å²) in [5.41, 5.74) is 0. The van der Waals surface area contributed by atoms with Gasteiger partial charge in [-0.1, -0.05) is 33.6 Å². The van der Waals surface area contributed by atoms with Gasteiger partial charge in [0.2, 0.25) is 5.92 Å². The van der Waals surface area contributed by atoms with Gasteiger partial charge in [0.15, 0.2) is 0 Å². The molecule has 108 valence electrons. The molecular formula is C15H29F2N. The second-order valence-corrected chi connectivity index (χ2v) is 5.77. The van der Waals surface area contributed by atoms with Crippen LogP contribution in [0.5, 0.6) is 0 Å². The summed E-state index contributed by atoms with van der Waals surface area (Å²) >= 11 is 0.